The zero-order chi connectivity index (χ0) is 48.6. The van der Waals surface area contributed by atoms with Crippen LogP contribution in [0.2, 0.25) is 0 Å². The summed E-state index contributed by atoms with van der Waals surface area (Å²) in [5.74, 6) is -1.09. The molecule has 0 spiro atoms. The van der Waals surface area contributed by atoms with E-state index < -0.39 is 66.9 Å². The maximum Gasteiger partial charge on any atom is 0.410 e. The monoisotopic (exact) mass is 921 g/mol. The van der Waals surface area contributed by atoms with Gasteiger partial charge in [-0.1, -0.05) is 6.07 Å². The van der Waals surface area contributed by atoms with Crippen molar-refractivity contribution in [3.63, 3.8) is 0 Å². The van der Waals surface area contributed by atoms with Crippen molar-refractivity contribution in [2.24, 2.45) is 0 Å². The van der Waals surface area contributed by atoms with Gasteiger partial charge >= 0.3 is 24.2 Å². The number of benzene rings is 3. The Morgan fingerprint density at radius 2 is 1.08 bits per heavy atom. The zero-order valence-electron chi connectivity index (χ0n) is 39.1. The van der Waals surface area contributed by atoms with E-state index in [-0.39, 0.29) is 98.2 Å². The first-order chi connectivity index (χ1) is 31.0. The predicted octanol–water partition coefficient (Wildman–Crippen LogP) is 8.21. The number of fused-ring (bicyclic) bond motifs is 2. The minimum Gasteiger partial charge on any atom is -0.491 e. The minimum absolute atomic E-state index is 0.00566. The first-order valence-corrected chi connectivity index (χ1v) is 21.8. The third-order valence-electron chi connectivity index (χ3n) is 9.88. The number of carbonyl (C=O) groups excluding carboxylic acids is 5. The van der Waals surface area contributed by atoms with Crippen LogP contribution in [0.4, 0.5) is 23.2 Å². The molecule has 0 unspecified atom stereocenters. The fourth-order valence-electron chi connectivity index (χ4n) is 6.99. The molecule has 5 rings (SSSR count). The first-order valence-electron chi connectivity index (χ1n) is 21.8. The summed E-state index contributed by atoms with van der Waals surface area (Å²) >= 11 is 0. The lowest BCUT2D eigenvalue weighted by Gasteiger charge is -2.36. The molecule has 0 radical (unpaired) electrons. The number of rotatable bonds is 8. The van der Waals surface area contributed by atoms with E-state index in [1.54, 1.807) is 74.4 Å². The van der Waals surface area contributed by atoms with Crippen molar-refractivity contribution >= 4 is 41.1 Å². The van der Waals surface area contributed by atoms with E-state index in [1.165, 1.54) is 62.1 Å². The Hall–Kier alpha value is -6.46. The van der Waals surface area contributed by atoms with Gasteiger partial charge in [0.1, 0.15) is 60.5 Å². The van der Waals surface area contributed by atoms with Crippen molar-refractivity contribution in [3.05, 3.63) is 75.9 Å². The van der Waals surface area contributed by atoms with E-state index in [0.29, 0.717) is 16.5 Å². The van der Waals surface area contributed by atoms with Crippen molar-refractivity contribution in [1.29, 1.82) is 0 Å². The number of amides is 4. The topological polar surface area (TPSA) is 175 Å². The highest BCUT2D eigenvalue weighted by molar-refractivity contribution is 6.09. The molecule has 2 aliphatic heterocycles. The van der Waals surface area contributed by atoms with Crippen LogP contribution in [0.15, 0.2) is 63.8 Å². The molecule has 0 atom stereocenters. The molecule has 16 nitrogen and oxygen atoms in total. The standard InChI is InChI=1S/C48H60F2N4O12/c1-46(2,3)64-43(58)52-20-18-51(19-21-53(44(59)65-47(4,5)6)23-25-54(24-22-52)45(60)66-48(7,8)9)41(56)31-10-13-34(37(28-31)42(57)62-27-17-50)40-35-14-11-32(55)29-38(35)63-39-30-33(61-26-16-49)12-15-36(39)40/h10-15,28-30H,16-27H2,1-9H3/i49-1. The van der Waals surface area contributed by atoms with Crippen molar-refractivity contribution in [3.8, 4) is 28.2 Å². The molecule has 66 heavy (non-hydrogen) atoms. The molecule has 3 aliphatic rings. The average Bonchev–Trinajstić information content (AvgIpc) is 3.21. The lowest BCUT2D eigenvalue weighted by Crippen LogP contribution is -2.52. The van der Waals surface area contributed by atoms with Gasteiger partial charge in [0.25, 0.3) is 5.91 Å². The van der Waals surface area contributed by atoms with Crippen LogP contribution in [0.3, 0.4) is 0 Å². The number of esters is 1. The minimum atomic E-state index is -0.977. The molecule has 358 valence electrons. The smallest absolute Gasteiger partial charge is 0.410 e. The summed E-state index contributed by atoms with van der Waals surface area (Å²) in [5, 5.41) is 0.463. The van der Waals surface area contributed by atoms with Crippen LogP contribution >= 0.6 is 0 Å². The van der Waals surface area contributed by atoms with Crippen LogP contribution in [-0.2, 0) is 18.9 Å². The number of halogens is 2. The van der Waals surface area contributed by atoms with Crippen molar-refractivity contribution in [1.82, 2.24) is 19.6 Å². The van der Waals surface area contributed by atoms with Gasteiger partial charge in [-0.15, -0.1) is 0 Å². The summed E-state index contributed by atoms with van der Waals surface area (Å²) < 4.78 is 60.5. The number of carbonyl (C=O) groups is 5. The maximum atomic E-state index is 14.8. The SMILES string of the molecule is CC(C)(C)OC(=O)N1CCN(C(=O)OC(C)(C)C)CCN(C(=O)c2ccc(-c3c4ccc(=O)cc-4oc4cc(OCC[18F])ccc34)c(C(=O)OCCF)c2)CCN(C(=O)OC(C)(C)C)CC1. The molecule has 1 saturated heterocycles. The van der Waals surface area contributed by atoms with E-state index in [1.807, 2.05) is 0 Å². The summed E-state index contributed by atoms with van der Waals surface area (Å²) in [7, 11) is 0. The third-order valence-corrected chi connectivity index (χ3v) is 9.88. The molecule has 4 amide bonds. The third kappa shape index (κ3) is 13.8. The van der Waals surface area contributed by atoms with Crippen molar-refractivity contribution in [2.45, 2.75) is 79.1 Å². The molecular weight excluding hydrogens is 862 g/mol. The Kier molecular flexibility index (Phi) is 16.3. The number of nitrogens with zero attached hydrogens (tertiary/aromatic N) is 4. The van der Waals surface area contributed by atoms with Crippen LogP contribution in [-0.4, -0.2) is 145 Å². The van der Waals surface area contributed by atoms with Crippen LogP contribution < -0.4 is 10.2 Å². The highest BCUT2D eigenvalue weighted by Crippen LogP contribution is 2.42. The highest BCUT2D eigenvalue weighted by atomic mass is 19.1. The van der Waals surface area contributed by atoms with Gasteiger partial charge in [-0.25, -0.2) is 28.0 Å². The van der Waals surface area contributed by atoms with Gasteiger partial charge < -0.3 is 47.7 Å². The van der Waals surface area contributed by atoms with E-state index >= 15 is 0 Å². The second-order valence-electron chi connectivity index (χ2n) is 18.6. The highest BCUT2D eigenvalue weighted by Gasteiger charge is 2.32. The zero-order valence-corrected chi connectivity index (χ0v) is 39.1. The molecule has 0 N–H and O–H groups in total. The average molecular weight is 922 g/mol. The normalized spacial score (nSPS) is 14.6. The quantitative estimate of drug-likeness (QED) is 0.0943. The second kappa shape index (κ2) is 21.2. The van der Waals surface area contributed by atoms with Gasteiger partial charge in [-0.3, -0.25) is 9.59 Å². The largest absolute Gasteiger partial charge is 0.491 e. The number of hydrogen-bond donors (Lipinski definition) is 0. The summed E-state index contributed by atoms with van der Waals surface area (Å²) in [6.07, 6.45) is -2.02. The fraction of sp³-hybridized carbons (Fsp3) is 0.500. The molecule has 0 aromatic heterocycles. The van der Waals surface area contributed by atoms with Crippen LogP contribution in [0.25, 0.3) is 33.4 Å². The summed E-state index contributed by atoms with van der Waals surface area (Å²) in [6, 6.07) is 13.3. The maximum absolute atomic E-state index is 14.8. The van der Waals surface area contributed by atoms with Crippen molar-refractivity contribution < 1.29 is 60.9 Å². The van der Waals surface area contributed by atoms with Gasteiger partial charge in [0.2, 0.25) is 0 Å². The Bertz CT molecular complexity index is 2380. The molecule has 0 bridgehead atoms. The molecule has 0 saturated carbocycles. The molecule has 2 heterocycles. The lowest BCUT2D eigenvalue weighted by molar-refractivity contribution is 0.00479. The van der Waals surface area contributed by atoms with Crippen LogP contribution in [0, 0.1) is 0 Å². The fourth-order valence-corrected chi connectivity index (χ4v) is 6.99. The van der Waals surface area contributed by atoms with Crippen LogP contribution in [0.1, 0.15) is 83.0 Å². The molecular formula is C48H60F2N4O12. The van der Waals surface area contributed by atoms with Gasteiger partial charge in [-0.05, 0) is 104 Å². The van der Waals surface area contributed by atoms with E-state index in [9.17, 15) is 37.5 Å². The van der Waals surface area contributed by atoms with Gasteiger partial charge in [0, 0.05) is 86.6 Å². The summed E-state index contributed by atoms with van der Waals surface area (Å²) in [4.78, 5) is 87.7. The Morgan fingerprint density at radius 3 is 1.56 bits per heavy atom. The molecule has 2 aromatic rings. The van der Waals surface area contributed by atoms with E-state index in [2.05, 4.69) is 0 Å². The first kappa shape index (κ1) is 50.5. The number of hydrogen-bond acceptors (Lipinski definition) is 12. The summed E-state index contributed by atoms with van der Waals surface area (Å²) in [6.45, 7) is 12.6. The molecule has 2 aromatic carbocycles. The van der Waals surface area contributed by atoms with Crippen LogP contribution in [0.5, 0.6) is 5.75 Å². The summed E-state index contributed by atoms with van der Waals surface area (Å²) in [5.41, 5.74) is -1.71. The van der Waals surface area contributed by atoms with Gasteiger partial charge in [0.05, 0.1) is 5.56 Å². The van der Waals surface area contributed by atoms with E-state index in [4.69, 9.17) is 28.1 Å². The van der Waals surface area contributed by atoms with Gasteiger partial charge in [-0.2, -0.15) is 0 Å². The Balaban J connectivity index is 1.61. The second-order valence-corrected chi connectivity index (χ2v) is 18.6. The van der Waals surface area contributed by atoms with Crippen molar-refractivity contribution in [2.75, 3.05) is 78.9 Å². The molecule has 1 aliphatic carbocycles. The van der Waals surface area contributed by atoms with Gasteiger partial charge in [0.15, 0.2) is 5.43 Å². The Labute approximate surface area is 382 Å². The molecule has 1 fully saturated rings. The lowest BCUT2D eigenvalue weighted by atomic mass is 9.89. The molecule has 18 heteroatoms. The number of ether oxygens (including phenoxy) is 5. The number of alkyl halides is 2. The predicted molar refractivity (Wildman–Crippen MR) is 242 cm³/mol. The van der Waals surface area contributed by atoms with E-state index in [0.717, 1.165) is 0 Å². The Morgan fingerprint density at radius 1 is 0.591 bits per heavy atom.